The first kappa shape index (κ1) is 21.1. The fourth-order valence-electron chi connectivity index (χ4n) is 3.00. The zero-order chi connectivity index (χ0) is 17.8. The van der Waals surface area contributed by atoms with E-state index in [4.69, 9.17) is 0 Å². The summed E-state index contributed by atoms with van der Waals surface area (Å²) in [5, 5.41) is 16.0. The maximum absolute atomic E-state index is 4.65. The second kappa shape index (κ2) is 9.68. The van der Waals surface area contributed by atoms with Gasteiger partial charge in [0.05, 0.1) is 6.54 Å². The van der Waals surface area contributed by atoms with E-state index in [1.807, 2.05) is 7.05 Å². The number of guanidine groups is 1. The van der Waals surface area contributed by atoms with Gasteiger partial charge in [-0.2, -0.15) is 16.4 Å². The van der Waals surface area contributed by atoms with Gasteiger partial charge in [0.2, 0.25) is 0 Å². The van der Waals surface area contributed by atoms with Gasteiger partial charge in [-0.3, -0.25) is 4.99 Å². The quantitative estimate of drug-likeness (QED) is 0.385. The van der Waals surface area contributed by atoms with Crippen LogP contribution in [0, 0.1) is 0 Å². The second-order valence-electron chi connectivity index (χ2n) is 7.01. The number of rotatable bonds is 5. The number of halogens is 1. The molecule has 0 bridgehead atoms. The molecule has 0 spiro atoms. The van der Waals surface area contributed by atoms with Crippen molar-refractivity contribution in [3.8, 4) is 0 Å². The first-order valence-corrected chi connectivity index (χ1v) is 9.94. The summed E-state index contributed by atoms with van der Waals surface area (Å²) in [4.78, 5) is 9.03. The lowest BCUT2D eigenvalue weighted by Gasteiger charge is -2.26. The van der Waals surface area contributed by atoms with Crippen LogP contribution < -0.4 is 10.6 Å². The Morgan fingerprint density at radius 3 is 2.88 bits per heavy atom. The van der Waals surface area contributed by atoms with Gasteiger partial charge in [0.25, 0.3) is 0 Å². The van der Waals surface area contributed by atoms with Crippen LogP contribution in [0.25, 0.3) is 0 Å². The molecule has 8 heteroatoms. The number of nitrogens with one attached hydrogen (secondary N) is 2. The molecule has 0 aliphatic carbocycles. The van der Waals surface area contributed by atoms with Gasteiger partial charge in [-0.25, -0.2) is 9.67 Å². The summed E-state index contributed by atoms with van der Waals surface area (Å²) in [6.45, 7) is 8.22. The van der Waals surface area contributed by atoms with Crippen molar-refractivity contribution in [3.63, 3.8) is 0 Å². The van der Waals surface area contributed by atoms with E-state index in [-0.39, 0.29) is 24.0 Å². The van der Waals surface area contributed by atoms with Crippen LogP contribution in [-0.4, -0.2) is 40.4 Å². The Bertz CT molecular complexity index is 709. The van der Waals surface area contributed by atoms with Gasteiger partial charge in [-0.05, 0) is 34.7 Å². The van der Waals surface area contributed by atoms with Crippen molar-refractivity contribution < 1.29 is 0 Å². The minimum absolute atomic E-state index is 0. The number of fused-ring (bicyclic) bond motifs is 1. The Kier molecular flexibility index (Phi) is 7.87. The Morgan fingerprint density at radius 2 is 2.23 bits per heavy atom. The van der Waals surface area contributed by atoms with E-state index < -0.39 is 0 Å². The lowest BCUT2D eigenvalue weighted by molar-refractivity contribution is 0.391. The Balaban J connectivity index is 0.00000243. The van der Waals surface area contributed by atoms with Gasteiger partial charge < -0.3 is 10.6 Å². The molecule has 1 aliphatic heterocycles. The first-order valence-electron chi connectivity index (χ1n) is 8.99. The topological polar surface area (TPSA) is 67.1 Å². The molecule has 2 aromatic rings. The van der Waals surface area contributed by atoms with Crippen molar-refractivity contribution in [1.82, 2.24) is 25.4 Å². The van der Waals surface area contributed by atoms with Gasteiger partial charge in [-0.1, -0.05) is 20.8 Å². The van der Waals surface area contributed by atoms with E-state index in [1.165, 1.54) is 5.56 Å². The molecule has 3 heterocycles. The third-order valence-electron chi connectivity index (χ3n) is 4.64. The lowest BCUT2D eigenvalue weighted by Crippen LogP contribution is -2.47. The summed E-state index contributed by atoms with van der Waals surface area (Å²) in [7, 11) is 1.82. The van der Waals surface area contributed by atoms with Crippen molar-refractivity contribution in [3.05, 3.63) is 34.0 Å². The predicted octanol–water partition coefficient (Wildman–Crippen LogP) is 3.36. The largest absolute Gasteiger partial charge is 0.356 e. The molecule has 26 heavy (non-hydrogen) atoms. The molecule has 0 amide bonds. The minimum Gasteiger partial charge on any atom is -0.356 e. The normalized spacial score (nSPS) is 18.2. The number of hydrogen-bond donors (Lipinski definition) is 2. The molecule has 0 fully saturated rings. The van der Waals surface area contributed by atoms with Crippen LogP contribution in [0.1, 0.15) is 56.2 Å². The van der Waals surface area contributed by atoms with Crippen molar-refractivity contribution in [2.45, 2.75) is 58.0 Å². The molecule has 0 aromatic carbocycles. The molecule has 1 aliphatic rings. The standard InChI is InChI=1S/C18H28N6S.HI/c1-12(2)17-22-16-6-5-15(10-24(16)23-17)21-18(19-4)20-9-13(3)14-7-8-25-11-14;/h7-8,11-13,15H,5-6,9-10H2,1-4H3,(H2,19,20,21);1H. The fraction of sp³-hybridized carbons (Fsp3) is 0.611. The van der Waals surface area contributed by atoms with E-state index in [2.05, 4.69) is 68.0 Å². The maximum atomic E-state index is 4.65. The molecule has 2 aromatic heterocycles. The second-order valence-corrected chi connectivity index (χ2v) is 7.79. The highest BCUT2D eigenvalue weighted by Gasteiger charge is 2.23. The van der Waals surface area contributed by atoms with Crippen molar-refractivity contribution in [1.29, 1.82) is 0 Å². The van der Waals surface area contributed by atoms with E-state index in [9.17, 15) is 0 Å². The van der Waals surface area contributed by atoms with Crippen molar-refractivity contribution >= 4 is 41.3 Å². The monoisotopic (exact) mass is 488 g/mol. The summed E-state index contributed by atoms with van der Waals surface area (Å²) in [6, 6.07) is 2.52. The first-order chi connectivity index (χ1) is 12.1. The van der Waals surface area contributed by atoms with E-state index in [1.54, 1.807) is 11.3 Å². The zero-order valence-electron chi connectivity index (χ0n) is 15.9. The summed E-state index contributed by atoms with van der Waals surface area (Å²) in [5.74, 6) is 3.75. The van der Waals surface area contributed by atoms with Crippen LogP contribution >= 0.6 is 35.3 Å². The van der Waals surface area contributed by atoms with Gasteiger partial charge in [0.15, 0.2) is 11.8 Å². The van der Waals surface area contributed by atoms with Gasteiger partial charge >= 0.3 is 0 Å². The lowest BCUT2D eigenvalue weighted by atomic mass is 10.1. The van der Waals surface area contributed by atoms with Crippen LogP contribution in [0.3, 0.4) is 0 Å². The molecule has 2 unspecified atom stereocenters. The minimum atomic E-state index is 0. The van der Waals surface area contributed by atoms with Crippen LogP contribution in [0.2, 0.25) is 0 Å². The highest BCUT2D eigenvalue weighted by Crippen LogP contribution is 2.18. The van der Waals surface area contributed by atoms with Gasteiger partial charge in [-0.15, -0.1) is 24.0 Å². The summed E-state index contributed by atoms with van der Waals surface area (Å²) in [6.07, 6.45) is 2.01. The summed E-state index contributed by atoms with van der Waals surface area (Å²) in [5.41, 5.74) is 1.37. The number of thiophene rings is 1. The van der Waals surface area contributed by atoms with Crippen LogP contribution in [0.15, 0.2) is 21.8 Å². The summed E-state index contributed by atoms with van der Waals surface area (Å²) >= 11 is 1.74. The highest BCUT2D eigenvalue weighted by atomic mass is 127. The van der Waals surface area contributed by atoms with Crippen molar-refractivity contribution in [2.75, 3.05) is 13.6 Å². The number of aryl methyl sites for hydroxylation is 1. The zero-order valence-corrected chi connectivity index (χ0v) is 19.0. The molecule has 0 saturated carbocycles. The Labute approximate surface area is 176 Å². The Hall–Kier alpha value is -1.16. The summed E-state index contributed by atoms with van der Waals surface area (Å²) < 4.78 is 2.05. The number of aliphatic imine (C=N–C) groups is 1. The Morgan fingerprint density at radius 1 is 1.42 bits per heavy atom. The maximum Gasteiger partial charge on any atom is 0.191 e. The number of nitrogens with zero attached hydrogens (tertiary/aromatic N) is 4. The third kappa shape index (κ3) is 5.18. The number of aromatic nitrogens is 3. The van der Waals surface area contributed by atoms with Crippen molar-refractivity contribution in [2.24, 2.45) is 4.99 Å². The number of hydrogen-bond acceptors (Lipinski definition) is 4. The molecule has 2 N–H and O–H groups in total. The molecule has 6 nitrogen and oxygen atoms in total. The van der Waals surface area contributed by atoms with Gasteiger partial charge in [0.1, 0.15) is 5.82 Å². The average Bonchev–Trinajstić information content (AvgIpc) is 3.27. The highest BCUT2D eigenvalue weighted by molar-refractivity contribution is 14.0. The molecule has 144 valence electrons. The molecule has 0 radical (unpaired) electrons. The van der Waals surface area contributed by atoms with E-state index >= 15 is 0 Å². The molecule has 2 atom stereocenters. The third-order valence-corrected chi connectivity index (χ3v) is 5.34. The molecular weight excluding hydrogens is 459 g/mol. The van der Waals surface area contributed by atoms with Crippen LogP contribution in [0.5, 0.6) is 0 Å². The van der Waals surface area contributed by atoms with Crippen LogP contribution in [0.4, 0.5) is 0 Å². The predicted molar refractivity (Wildman–Crippen MR) is 119 cm³/mol. The fourth-order valence-corrected chi connectivity index (χ4v) is 3.78. The molecule has 0 saturated heterocycles. The van der Waals surface area contributed by atoms with E-state index in [0.29, 0.717) is 17.9 Å². The van der Waals surface area contributed by atoms with E-state index in [0.717, 1.165) is 43.5 Å². The van der Waals surface area contributed by atoms with Gasteiger partial charge in [0, 0.05) is 32.0 Å². The molecule has 3 rings (SSSR count). The van der Waals surface area contributed by atoms with Crippen LogP contribution in [-0.2, 0) is 13.0 Å². The average molecular weight is 488 g/mol. The molecular formula is C18H29IN6S. The SMILES string of the molecule is CN=C(NCC(C)c1ccsc1)NC1CCc2nc(C(C)C)nn2C1.I. The smallest absolute Gasteiger partial charge is 0.191 e.